The van der Waals surface area contributed by atoms with Gasteiger partial charge in [0.05, 0.1) is 5.92 Å². The van der Waals surface area contributed by atoms with Gasteiger partial charge in [0.1, 0.15) is 6.29 Å². The fourth-order valence-corrected chi connectivity index (χ4v) is 2.57. The van der Waals surface area contributed by atoms with Gasteiger partial charge in [-0.25, -0.2) is 0 Å². The van der Waals surface area contributed by atoms with E-state index in [0.717, 1.165) is 19.1 Å². The van der Waals surface area contributed by atoms with Gasteiger partial charge >= 0.3 is 5.97 Å². The lowest BCUT2D eigenvalue weighted by Crippen LogP contribution is -2.41. The maximum absolute atomic E-state index is 10.9. The number of carbonyl (C=O) groups is 2. The molecule has 0 aromatic heterocycles. The Labute approximate surface area is 76.4 Å². The van der Waals surface area contributed by atoms with Crippen LogP contribution in [-0.4, -0.2) is 17.4 Å². The molecular weight excluding hydrogens is 168 g/mol. The van der Waals surface area contributed by atoms with Gasteiger partial charge in [-0.15, -0.1) is 0 Å². The van der Waals surface area contributed by atoms with Crippen LogP contribution >= 0.6 is 0 Å². The number of hydrogen-bond donors (Lipinski definition) is 1. The van der Waals surface area contributed by atoms with Crippen LogP contribution in [0.4, 0.5) is 0 Å². The molecule has 3 nitrogen and oxygen atoms in total. The van der Waals surface area contributed by atoms with E-state index < -0.39 is 11.9 Å². The Balaban J connectivity index is 2.31. The average Bonchev–Trinajstić information content (AvgIpc) is 2.17. The molecule has 0 aromatic carbocycles. The Morgan fingerprint density at radius 3 is 2.31 bits per heavy atom. The van der Waals surface area contributed by atoms with E-state index >= 15 is 0 Å². The molecule has 0 aromatic rings. The second-order valence-corrected chi connectivity index (χ2v) is 3.87. The Kier molecular flexibility index (Phi) is 1.94. The van der Waals surface area contributed by atoms with Crippen molar-refractivity contribution in [2.75, 3.05) is 0 Å². The predicted molar refractivity (Wildman–Crippen MR) is 46.0 cm³/mol. The number of allylic oxidation sites excluding steroid dienone is 2. The van der Waals surface area contributed by atoms with Crippen molar-refractivity contribution in [2.24, 2.45) is 23.7 Å². The van der Waals surface area contributed by atoms with Crippen LogP contribution < -0.4 is 0 Å². The van der Waals surface area contributed by atoms with Gasteiger partial charge in [-0.05, 0) is 24.7 Å². The molecule has 0 radical (unpaired) electrons. The molecule has 1 saturated carbocycles. The van der Waals surface area contributed by atoms with Gasteiger partial charge in [-0.1, -0.05) is 12.2 Å². The summed E-state index contributed by atoms with van der Waals surface area (Å²) in [4.78, 5) is 21.7. The Morgan fingerprint density at radius 1 is 1.31 bits per heavy atom. The van der Waals surface area contributed by atoms with E-state index in [4.69, 9.17) is 5.11 Å². The number of carboxylic acids is 1. The molecule has 1 fully saturated rings. The average molecular weight is 180 g/mol. The molecule has 2 bridgehead atoms. The lowest BCUT2D eigenvalue weighted by atomic mass is 9.63. The van der Waals surface area contributed by atoms with Gasteiger partial charge in [0, 0.05) is 5.92 Å². The molecule has 4 atom stereocenters. The van der Waals surface area contributed by atoms with Gasteiger partial charge in [-0.3, -0.25) is 4.79 Å². The SMILES string of the molecule is O=CC1C2C=CC(CC2)C1C(=O)O. The van der Waals surface area contributed by atoms with Crippen molar-refractivity contribution >= 4 is 12.3 Å². The fourth-order valence-electron chi connectivity index (χ4n) is 2.57. The second kappa shape index (κ2) is 2.98. The molecule has 3 heteroatoms. The lowest BCUT2D eigenvalue weighted by Gasteiger charge is -2.40. The first kappa shape index (κ1) is 8.48. The zero-order valence-corrected chi connectivity index (χ0v) is 7.22. The highest BCUT2D eigenvalue weighted by molar-refractivity contribution is 5.76. The van der Waals surface area contributed by atoms with Gasteiger partial charge < -0.3 is 9.90 Å². The molecule has 4 unspecified atom stereocenters. The van der Waals surface area contributed by atoms with E-state index in [1.807, 2.05) is 12.2 Å². The highest BCUT2D eigenvalue weighted by atomic mass is 16.4. The van der Waals surface area contributed by atoms with E-state index in [1.165, 1.54) is 0 Å². The van der Waals surface area contributed by atoms with E-state index in [9.17, 15) is 9.59 Å². The molecule has 3 aliphatic carbocycles. The Bertz CT molecular complexity index is 269. The van der Waals surface area contributed by atoms with E-state index in [-0.39, 0.29) is 17.8 Å². The van der Waals surface area contributed by atoms with Crippen LogP contribution in [0.3, 0.4) is 0 Å². The molecule has 0 saturated heterocycles. The normalized spacial score (nSPS) is 41.8. The second-order valence-electron chi connectivity index (χ2n) is 3.87. The quantitative estimate of drug-likeness (QED) is 0.511. The minimum atomic E-state index is -0.823. The van der Waals surface area contributed by atoms with Gasteiger partial charge in [0.2, 0.25) is 0 Å². The molecule has 13 heavy (non-hydrogen) atoms. The van der Waals surface area contributed by atoms with Gasteiger partial charge in [0.25, 0.3) is 0 Å². The summed E-state index contributed by atoms with van der Waals surface area (Å²) < 4.78 is 0. The summed E-state index contributed by atoms with van der Waals surface area (Å²) in [5, 5.41) is 8.97. The fraction of sp³-hybridized carbons (Fsp3) is 0.600. The highest BCUT2D eigenvalue weighted by Crippen LogP contribution is 2.43. The van der Waals surface area contributed by atoms with Crippen LogP contribution in [0.25, 0.3) is 0 Å². The van der Waals surface area contributed by atoms with Crippen molar-refractivity contribution in [3.63, 3.8) is 0 Å². The van der Waals surface area contributed by atoms with Crippen molar-refractivity contribution in [1.29, 1.82) is 0 Å². The predicted octanol–water partition coefficient (Wildman–Crippen LogP) is 1.10. The minimum Gasteiger partial charge on any atom is -0.481 e. The third kappa shape index (κ3) is 1.19. The molecule has 0 aliphatic heterocycles. The number of aldehydes is 1. The first-order valence-corrected chi connectivity index (χ1v) is 4.60. The van der Waals surface area contributed by atoms with Crippen LogP contribution in [-0.2, 0) is 9.59 Å². The molecule has 3 aliphatic rings. The summed E-state index contributed by atoms with van der Waals surface area (Å²) in [6.07, 6.45) is 6.68. The molecular formula is C10H12O3. The summed E-state index contributed by atoms with van der Waals surface area (Å²) >= 11 is 0. The van der Waals surface area contributed by atoms with E-state index in [1.54, 1.807) is 0 Å². The third-order valence-corrected chi connectivity index (χ3v) is 3.25. The number of carboxylic acid groups (broad SMARTS) is 1. The molecule has 1 N–H and O–H groups in total. The number of hydrogen-bond acceptors (Lipinski definition) is 2. The summed E-state index contributed by atoms with van der Waals surface area (Å²) in [6, 6.07) is 0. The zero-order valence-electron chi connectivity index (χ0n) is 7.22. The smallest absolute Gasteiger partial charge is 0.307 e. The first-order valence-electron chi connectivity index (χ1n) is 4.60. The van der Waals surface area contributed by atoms with E-state index in [2.05, 4.69) is 0 Å². The summed E-state index contributed by atoms with van der Waals surface area (Å²) in [5.41, 5.74) is 0. The van der Waals surface area contributed by atoms with Crippen LogP contribution in [0.15, 0.2) is 12.2 Å². The number of rotatable bonds is 2. The number of fused-ring (bicyclic) bond motifs is 2. The standard InChI is InChI=1S/C10H12O3/c11-5-8-6-1-3-7(4-2-6)9(8)10(12)13/h1,3,5-9H,2,4H2,(H,12,13). The topological polar surface area (TPSA) is 54.4 Å². The van der Waals surface area contributed by atoms with E-state index in [0.29, 0.717) is 0 Å². The Morgan fingerprint density at radius 2 is 1.92 bits per heavy atom. The van der Waals surface area contributed by atoms with Crippen LogP contribution in [0.2, 0.25) is 0 Å². The molecule has 0 heterocycles. The summed E-state index contributed by atoms with van der Waals surface area (Å²) in [6.45, 7) is 0. The minimum absolute atomic E-state index is 0.0812. The van der Waals surface area contributed by atoms with Crippen LogP contribution in [0.5, 0.6) is 0 Å². The molecule has 70 valence electrons. The highest BCUT2D eigenvalue weighted by Gasteiger charge is 2.44. The number of carbonyl (C=O) groups excluding carboxylic acids is 1. The van der Waals surface area contributed by atoms with Crippen molar-refractivity contribution in [1.82, 2.24) is 0 Å². The van der Waals surface area contributed by atoms with Crippen molar-refractivity contribution in [2.45, 2.75) is 12.8 Å². The monoisotopic (exact) mass is 180 g/mol. The Hall–Kier alpha value is -1.12. The molecule has 3 rings (SSSR count). The maximum Gasteiger partial charge on any atom is 0.307 e. The number of aliphatic carboxylic acids is 1. The van der Waals surface area contributed by atoms with Crippen LogP contribution in [0, 0.1) is 23.7 Å². The molecule has 0 amide bonds. The summed E-state index contributed by atoms with van der Waals surface area (Å²) in [5.74, 6) is -1.33. The van der Waals surface area contributed by atoms with Gasteiger partial charge in [0.15, 0.2) is 0 Å². The van der Waals surface area contributed by atoms with Crippen molar-refractivity contribution in [3.8, 4) is 0 Å². The van der Waals surface area contributed by atoms with Gasteiger partial charge in [-0.2, -0.15) is 0 Å². The van der Waals surface area contributed by atoms with Crippen molar-refractivity contribution < 1.29 is 14.7 Å². The lowest BCUT2D eigenvalue weighted by molar-refractivity contribution is -0.149. The maximum atomic E-state index is 10.9. The first-order chi connectivity index (χ1) is 6.24. The van der Waals surface area contributed by atoms with Crippen molar-refractivity contribution in [3.05, 3.63) is 12.2 Å². The zero-order chi connectivity index (χ0) is 9.42. The summed E-state index contributed by atoms with van der Waals surface area (Å²) in [7, 11) is 0. The van der Waals surface area contributed by atoms with Crippen LogP contribution in [0.1, 0.15) is 12.8 Å². The largest absolute Gasteiger partial charge is 0.481 e. The molecule has 0 spiro atoms. The third-order valence-electron chi connectivity index (χ3n) is 3.25.